The molecule has 110 valence electrons. The van der Waals surface area contributed by atoms with Crippen LogP contribution in [0.5, 0.6) is 0 Å². The largest absolute Gasteiger partial charge is 0.459 e. The first-order chi connectivity index (χ1) is 10.7. The second-order valence-electron chi connectivity index (χ2n) is 5.00. The zero-order valence-corrected chi connectivity index (χ0v) is 12.2. The first-order valence-electron chi connectivity index (χ1n) is 6.99. The number of hydrogen-bond donors (Lipinski definition) is 2. The number of hydrogen-bond acceptors (Lipinski definition) is 3. The Morgan fingerprint density at radius 3 is 2.36 bits per heavy atom. The van der Waals surface area contributed by atoms with Crippen LogP contribution in [0.25, 0.3) is 0 Å². The van der Waals surface area contributed by atoms with Gasteiger partial charge in [-0.2, -0.15) is 0 Å². The first-order valence-corrected chi connectivity index (χ1v) is 6.99. The molecular formula is C18H16N2O2. The van der Waals surface area contributed by atoms with E-state index in [9.17, 15) is 4.79 Å². The number of anilines is 3. The number of amides is 1. The molecule has 3 aromatic rings. The summed E-state index contributed by atoms with van der Waals surface area (Å²) < 4.78 is 5.06. The van der Waals surface area contributed by atoms with Crippen LogP contribution < -0.4 is 10.6 Å². The van der Waals surface area contributed by atoms with Crippen LogP contribution in [0.3, 0.4) is 0 Å². The fourth-order valence-electron chi connectivity index (χ4n) is 2.13. The van der Waals surface area contributed by atoms with Crippen molar-refractivity contribution in [3.63, 3.8) is 0 Å². The smallest absolute Gasteiger partial charge is 0.291 e. The zero-order valence-electron chi connectivity index (χ0n) is 12.2. The van der Waals surface area contributed by atoms with E-state index in [1.165, 1.54) is 11.8 Å². The van der Waals surface area contributed by atoms with E-state index in [0.717, 1.165) is 17.1 Å². The molecule has 22 heavy (non-hydrogen) atoms. The molecule has 3 rings (SSSR count). The maximum absolute atomic E-state index is 11.9. The van der Waals surface area contributed by atoms with E-state index in [0.29, 0.717) is 5.76 Å². The van der Waals surface area contributed by atoms with E-state index in [4.69, 9.17) is 4.42 Å². The molecule has 1 aromatic heterocycles. The van der Waals surface area contributed by atoms with Crippen LogP contribution in [-0.2, 0) is 0 Å². The Bertz CT molecular complexity index is 762. The Labute approximate surface area is 128 Å². The SMILES string of the molecule is Cc1cccc(Nc2ccc(NC(=O)c3ccco3)cc2)c1. The van der Waals surface area contributed by atoms with Crippen LogP contribution in [0.15, 0.2) is 71.3 Å². The summed E-state index contributed by atoms with van der Waals surface area (Å²) in [5.41, 5.74) is 3.91. The minimum absolute atomic E-state index is 0.260. The van der Waals surface area contributed by atoms with Gasteiger partial charge >= 0.3 is 0 Å². The van der Waals surface area contributed by atoms with E-state index in [2.05, 4.69) is 29.7 Å². The lowest BCUT2D eigenvalue weighted by molar-refractivity contribution is 0.0996. The Kier molecular flexibility index (Phi) is 3.92. The third-order valence-electron chi connectivity index (χ3n) is 3.19. The van der Waals surface area contributed by atoms with Crippen molar-refractivity contribution in [3.05, 3.63) is 78.3 Å². The van der Waals surface area contributed by atoms with Crippen LogP contribution in [-0.4, -0.2) is 5.91 Å². The van der Waals surface area contributed by atoms with E-state index < -0.39 is 0 Å². The van der Waals surface area contributed by atoms with E-state index in [1.807, 2.05) is 36.4 Å². The molecule has 1 heterocycles. The fraction of sp³-hybridized carbons (Fsp3) is 0.0556. The summed E-state index contributed by atoms with van der Waals surface area (Å²) in [6, 6.07) is 19.0. The van der Waals surface area contributed by atoms with Crippen molar-refractivity contribution >= 4 is 23.0 Å². The highest BCUT2D eigenvalue weighted by Crippen LogP contribution is 2.20. The Morgan fingerprint density at radius 2 is 1.68 bits per heavy atom. The molecule has 0 radical (unpaired) electrons. The number of aryl methyl sites for hydroxylation is 1. The minimum Gasteiger partial charge on any atom is -0.459 e. The summed E-state index contributed by atoms with van der Waals surface area (Å²) in [6.45, 7) is 2.05. The van der Waals surface area contributed by atoms with Crippen molar-refractivity contribution < 1.29 is 9.21 Å². The van der Waals surface area contributed by atoms with Gasteiger partial charge in [0.25, 0.3) is 5.91 Å². The van der Waals surface area contributed by atoms with Gasteiger partial charge in [0.05, 0.1) is 6.26 Å². The zero-order chi connectivity index (χ0) is 15.4. The summed E-state index contributed by atoms with van der Waals surface area (Å²) in [6.07, 6.45) is 1.48. The number of nitrogens with one attached hydrogen (secondary N) is 2. The number of carbonyl (C=O) groups is 1. The third-order valence-corrected chi connectivity index (χ3v) is 3.19. The number of benzene rings is 2. The highest BCUT2D eigenvalue weighted by molar-refractivity contribution is 6.02. The molecule has 2 aromatic carbocycles. The van der Waals surface area contributed by atoms with Crippen LogP contribution in [0.4, 0.5) is 17.1 Å². The minimum atomic E-state index is -0.260. The molecule has 0 aliphatic rings. The van der Waals surface area contributed by atoms with E-state index >= 15 is 0 Å². The van der Waals surface area contributed by atoms with Crippen LogP contribution >= 0.6 is 0 Å². The normalized spacial score (nSPS) is 10.2. The van der Waals surface area contributed by atoms with E-state index in [1.54, 1.807) is 12.1 Å². The fourth-order valence-corrected chi connectivity index (χ4v) is 2.13. The second-order valence-corrected chi connectivity index (χ2v) is 5.00. The molecule has 0 aliphatic heterocycles. The molecule has 0 unspecified atom stereocenters. The Balaban J connectivity index is 1.66. The molecule has 2 N–H and O–H groups in total. The van der Waals surface area contributed by atoms with Crippen molar-refractivity contribution in [3.8, 4) is 0 Å². The van der Waals surface area contributed by atoms with Gasteiger partial charge in [-0.1, -0.05) is 12.1 Å². The van der Waals surface area contributed by atoms with Crippen molar-refractivity contribution in [2.45, 2.75) is 6.92 Å². The molecule has 0 atom stereocenters. The standard InChI is InChI=1S/C18H16N2O2/c1-13-4-2-5-16(12-13)19-14-7-9-15(10-8-14)20-18(21)17-6-3-11-22-17/h2-12,19H,1H3,(H,20,21). The number of furan rings is 1. The molecule has 0 aliphatic carbocycles. The van der Waals surface area contributed by atoms with Gasteiger partial charge in [-0.05, 0) is 61.0 Å². The number of rotatable bonds is 4. The topological polar surface area (TPSA) is 54.3 Å². The summed E-state index contributed by atoms with van der Waals surface area (Å²) in [4.78, 5) is 11.9. The van der Waals surface area contributed by atoms with Crippen molar-refractivity contribution in [2.24, 2.45) is 0 Å². The maximum Gasteiger partial charge on any atom is 0.291 e. The molecule has 4 heteroatoms. The van der Waals surface area contributed by atoms with Gasteiger partial charge in [-0.15, -0.1) is 0 Å². The summed E-state index contributed by atoms with van der Waals surface area (Å²) in [5, 5.41) is 6.11. The molecular weight excluding hydrogens is 276 g/mol. The van der Waals surface area contributed by atoms with Gasteiger partial charge < -0.3 is 15.1 Å². The predicted octanol–water partition coefficient (Wildman–Crippen LogP) is 4.58. The van der Waals surface area contributed by atoms with Gasteiger partial charge in [0.15, 0.2) is 5.76 Å². The van der Waals surface area contributed by atoms with E-state index in [-0.39, 0.29) is 5.91 Å². The quantitative estimate of drug-likeness (QED) is 0.739. The van der Waals surface area contributed by atoms with Crippen LogP contribution in [0, 0.1) is 6.92 Å². The maximum atomic E-state index is 11.9. The Hall–Kier alpha value is -3.01. The summed E-state index contributed by atoms with van der Waals surface area (Å²) in [5.74, 6) is 0.0337. The molecule has 1 amide bonds. The molecule has 0 saturated carbocycles. The van der Waals surface area contributed by atoms with Gasteiger partial charge in [0.2, 0.25) is 0 Å². The van der Waals surface area contributed by atoms with Gasteiger partial charge in [0.1, 0.15) is 0 Å². The van der Waals surface area contributed by atoms with Gasteiger partial charge in [-0.3, -0.25) is 4.79 Å². The van der Waals surface area contributed by atoms with Crippen LogP contribution in [0.1, 0.15) is 16.1 Å². The van der Waals surface area contributed by atoms with Crippen molar-refractivity contribution in [1.82, 2.24) is 0 Å². The lowest BCUT2D eigenvalue weighted by Crippen LogP contribution is -2.10. The molecule has 0 saturated heterocycles. The summed E-state index contributed by atoms with van der Waals surface area (Å²) >= 11 is 0. The molecule has 0 bridgehead atoms. The lowest BCUT2D eigenvalue weighted by atomic mass is 10.2. The van der Waals surface area contributed by atoms with Gasteiger partial charge in [0, 0.05) is 17.1 Å². The first kappa shape index (κ1) is 13.9. The monoisotopic (exact) mass is 292 g/mol. The predicted molar refractivity (Wildman–Crippen MR) is 87.6 cm³/mol. The highest BCUT2D eigenvalue weighted by Gasteiger charge is 2.08. The highest BCUT2D eigenvalue weighted by atomic mass is 16.3. The third kappa shape index (κ3) is 3.35. The van der Waals surface area contributed by atoms with Gasteiger partial charge in [-0.25, -0.2) is 0 Å². The molecule has 0 fully saturated rings. The van der Waals surface area contributed by atoms with Crippen LogP contribution in [0.2, 0.25) is 0 Å². The lowest BCUT2D eigenvalue weighted by Gasteiger charge is -2.08. The average molecular weight is 292 g/mol. The second kappa shape index (κ2) is 6.18. The summed E-state index contributed by atoms with van der Waals surface area (Å²) in [7, 11) is 0. The Morgan fingerprint density at radius 1 is 0.909 bits per heavy atom. The van der Waals surface area contributed by atoms with Crippen molar-refractivity contribution in [2.75, 3.05) is 10.6 Å². The molecule has 4 nitrogen and oxygen atoms in total. The number of carbonyl (C=O) groups excluding carboxylic acids is 1. The average Bonchev–Trinajstić information content (AvgIpc) is 3.04. The molecule has 0 spiro atoms. The van der Waals surface area contributed by atoms with Crippen molar-refractivity contribution in [1.29, 1.82) is 0 Å².